The normalized spacial score (nSPS) is 13.3. The van der Waals surface area contributed by atoms with E-state index in [0.29, 0.717) is 24.5 Å². The lowest BCUT2D eigenvalue weighted by Gasteiger charge is -2.17. The van der Waals surface area contributed by atoms with E-state index in [2.05, 4.69) is 49.4 Å². The fraction of sp³-hybridized carbons (Fsp3) is 0.276. The topological polar surface area (TPSA) is 70.6 Å². The lowest BCUT2D eigenvalue weighted by atomic mass is 10.1. The largest absolute Gasteiger partial charge is 0.494 e. The Labute approximate surface area is 227 Å². The number of halogens is 2. The van der Waals surface area contributed by atoms with E-state index in [0.717, 1.165) is 36.2 Å². The second-order valence-electron chi connectivity index (χ2n) is 9.24. The van der Waals surface area contributed by atoms with E-state index in [9.17, 15) is 9.18 Å². The first kappa shape index (κ1) is 27.3. The van der Waals surface area contributed by atoms with Gasteiger partial charge in [-0.1, -0.05) is 36.4 Å². The number of nitrogens with zero attached hydrogens (tertiary/aromatic N) is 4. The number of aryl methyl sites for hydroxylation is 1. The Morgan fingerprint density at radius 3 is 2.61 bits per heavy atom. The minimum absolute atomic E-state index is 0.167. The van der Waals surface area contributed by atoms with Gasteiger partial charge in [0.25, 0.3) is 0 Å². The second kappa shape index (κ2) is 12.7. The van der Waals surface area contributed by atoms with Crippen LogP contribution in [0.15, 0.2) is 60.8 Å². The summed E-state index contributed by atoms with van der Waals surface area (Å²) in [4.78, 5) is 23.5. The van der Waals surface area contributed by atoms with Crippen molar-refractivity contribution in [2.75, 3.05) is 19.5 Å². The summed E-state index contributed by atoms with van der Waals surface area (Å²) in [5, 5.41) is 3.44. The van der Waals surface area contributed by atoms with Gasteiger partial charge in [0.2, 0.25) is 5.28 Å². The van der Waals surface area contributed by atoms with Crippen LogP contribution in [-0.2, 0) is 37.5 Å². The highest BCUT2D eigenvalue weighted by Gasteiger charge is 2.25. The predicted molar refractivity (Wildman–Crippen MR) is 147 cm³/mol. The van der Waals surface area contributed by atoms with Crippen LogP contribution in [0.3, 0.4) is 0 Å². The number of aldehydes is 1. The van der Waals surface area contributed by atoms with Crippen molar-refractivity contribution >= 4 is 23.7 Å². The molecule has 2 aromatic carbocycles. The average molecular weight is 536 g/mol. The third kappa shape index (κ3) is 6.76. The molecule has 0 spiro atoms. The number of hydrogen-bond donors (Lipinski definition) is 1. The van der Waals surface area contributed by atoms with E-state index >= 15 is 0 Å². The van der Waals surface area contributed by atoms with Gasteiger partial charge in [0, 0.05) is 50.9 Å². The maximum atomic E-state index is 14.8. The van der Waals surface area contributed by atoms with Crippen molar-refractivity contribution < 1.29 is 13.9 Å². The van der Waals surface area contributed by atoms with Gasteiger partial charge in [-0.15, -0.1) is 0 Å². The first-order valence-corrected chi connectivity index (χ1v) is 12.7. The number of carbonyl (C=O) groups is 1. The molecule has 1 aliphatic rings. The van der Waals surface area contributed by atoms with E-state index in [1.165, 1.54) is 24.3 Å². The molecule has 4 rings (SSSR count). The molecule has 0 bridgehead atoms. The summed E-state index contributed by atoms with van der Waals surface area (Å²) in [7, 11) is 3.44. The van der Waals surface area contributed by atoms with Gasteiger partial charge >= 0.3 is 0 Å². The van der Waals surface area contributed by atoms with Crippen LogP contribution in [0, 0.1) is 12.7 Å². The zero-order valence-corrected chi connectivity index (χ0v) is 22.5. The summed E-state index contributed by atoms with van der Waals surface area (Å²) in [6.45, 7) is 4.96. The standard InChI is InChI=1S/C29H31ClFN5O2/c1-20-7-12-26(38-3)27(31)23(20)15-32-28-24-18-36(19-25(24)33-29(30)34-28)17-22-10-8-21(9-11-22)16-35(2)13-5-4-6-14-37/h4-14H,15-19H2,1-3H3,(H,32,33,34)/b6-4-,13-5-. The molecule has 38 heavy (non-hydrogen) atoms. The number of carbonyl (C=O) groups excluding carboxylic acids is 1. The van der Waals surface area contributed by atoms with Crippen LogP contribution in [-0.4, -0.2) is 40.2 Å². The molecule has 7 nitrogen and oxygen atoms in total. The number of anilines is 1. The number of aromatic nitrogens is 2. The summed E-state index contributed by atoms with van der Waals surface area (Å²) < 4.78 is 20.0. The number of rotatable bonds is 11. The van der Waals surface area contributed by atoms with Gasteiger partial charge < -0.3 is 15.0 Å². The molecule has 0 fully saturated rings. The smallest absolute Gasteiger partial charge is 0.224 e. The molecule has 2 heterocycles. The Bertz CT molecular complexity index is 1340. The van der Waals surface area contributed by atoms with Crippen LogP contribution in [0.2, 0.25) is 5.28 Å². The Morgan fingerprint density at radius 2 is 1.87 bits per heavy atom. The van der Waals surface area contributed by atoms with Crippen molar-refractivity contribution in [3.05, 3.63) is 105 Å². The molecule has 0 radical (unpaired) electrons. The molecule has 198 valence electrons. The molecule has 9 heteroatoms. The average Bonchev–Trinajstić information content (AvgIpc) is 3.30. The number of fused-ring (bicyclic) bond motifs is 1. The number of benzene rings is 2. The molecule has 1 aromatic heterocycles. The van der Waals surface area contributed by atoms with Gasteiger partial charge in [0.05, 0.1) is 12.8 Å². The molecule has 0 saturated heterocycles. The first-order valence-electron chi connectivity index (χ1n) is 12.3. The molecule has 0 saturated carbocycles. The number of methoxy groups -OCH3 is 1. The van der Waals surface area contributed by atoms with E-state index < -0.39 is 0 Å². The predicted octanol–water partition coefficient (Wildman–Crippen LogP) is 5.41. The maximum Gasteiger partial charge on any atom is 0.224 e. The SMILES string of the molecule is COc1ccc(C)c(CNc2nc(Cl)nc3c2CN(Cc2ccc(CN(C)/C=C\C=C/C=O)cc2)C3)c1F. The van der Waals surface area contributed by atoms with Gasteiger partial charge in [-0.3, -0.25) is 9.69 Å². The molecule has 1 aliphatic heterocycles. The van der Waals surface area contributed by atoms with Crippen LogP contribution in [0.4, 0.5) is 10.2 Å². The number of hydrogen-bond acceptors (Lipinski definition) is 7. The number of nitrogens with one attached hydrogen (secondary N) is 1. The highest BCUT2D eigenvalue weighted by atomic mass is 35.5. The molecule has 0 aliphatic carbocycles. The van der Waals surface area contributed by atoms with Crippen molar-refractivity contribution in [1.29, 1.82) is 0 Å². The molecule has 0 atom stereocenters. The van der Waals surface area contributed by atoms with Crippen LogP contribution in [0.1, 0.15) is 33.5 Å². The Balaban J connectivity index is 1.39. The Morgan fingerprint density at radius 1 is 1.11 bits per heavy atom. The van der Waals surface area contributed by atoms with E-state index in [1.54, 1.807) is 12.1 Å². The van der Waals surface area contributed by atoms with Crippen molar-refractivity contribution in [3.8, 4) is 5.75 Å². The molecular weight excluding hydrogens is 505 g/mol. The minimum atomic E-state index is -0.376. The summed E-state index contributed by atoms with van der Waals surface area (Å²) in [5.74, 6) is 0.461. The van der Waals surface area contributed by atoms with Crippen LogP contribution in [0.5, 0.6) is 5.75 Å². The van der Waals surface area contributed by atoms with Gasteiger partial charge in [0.1, 0.15) is 12.1 Å². The Kier molecular flexibility index (Phi) is 9.10. The third-order valence-electron chi connectivity index (χ3n) is 6.42. The van der Waals surface area contributed by atoms with Crippen molar-refractivity contribution in [2.45, 2.75) is 39.6 Å². The fourth-order valence-corrected chi connectivity index (χ4v) is 4.63. The molecular formula is C29H31ClFN5O2. The van der Waals surface area contributed by atoms with Gasteiger partial charge in [-0.25, -0.2) is 14.4 Å². The van der Waals surface area contributed by atoms with E-state index in [4.69, 9.17) is 16.3 Å². The quantitative estimate of drug-likeness (QED) is 0.152. The van der Waals surface area contributed by atoms with Crippen molar-refractivity contribution in [2.24, 2.45) is 0 Å². The Hall–Kier alpha value is -3.75. The molecule has 3 aromatic rings. The maximum absolute atomic E-state index is 14.8. The second-order valence-corrected chi connectivity index (χ2v) is 9.57. The number of ether oxygens (including phenoxy) is 1. The lowest BCUT2D eigenvalue weighted by molar-refractivity contribution is -0.104. The molecule has 0 unspecified atom stereocenters. The third-order valence-corrected chi connectivity index (χ3v) is 6.59. The summed E-state index contributed by atoms with van der Waals surface area (Å²) in [6, 6.07) is 12.0. The minimum Gasteiger partial charge on any atom is -0.494 e. The summed E-state index contributed by atoms with van der Waals surface area (Å²) >= 11 is 6.23. The monoisotopic (exact) mass is 535 g/mol. The molecule has 1 N–H and O–H groups in total. The highest BCUT2D eigenvalue weighted by molar-refractivity contribution is 6.28. The van der Waals surface area contributed by atoms with Gasteiger partial charge in [-0.05, 0) is 59.6 Å². The summed E-state index contributed by atoms with van der Waals surface area (Å²) in [6.07, 6.45) is 7.68. The summed E-state index contributed by atoms with van der Waals surface area (Å²) in [5.41, 5.74) is 5.59. The fourth-order valence-electron chi connectivity index (χ4n) is 4.44. The van der Waals surface area contributed by atoms with Crippen molar-refractivity contribution in [3.63, 3.8) is 0 Å². The zero-order valence-electron chi connectivity index (χ0n) is 21.7. The van der Waals surface area contributed by atoms with Gasteiger partial charge in [0.15, 0.2) is 11.6 Å². The highest BCUT2D eigenvalue weighted by Crippen LogP contribution is 2.31. The number of allylic oxidation sites excluding steroid dienone is 3. The van der Waals surface area contributed by atoms with E-state index in [-0.39, 0.29) is 23.4 Å². The van der Waals surface area contributed by atoms with Gasteiger partial charge in [-0.2, -0.15) is 0 Å². The lowest BCUT2D eigenvalue weighted by Crippen LogP contribution is -2.16. The van der Waals surface area contributed by atoms with Crippen LogP contribution in [0.25, 0.3) is 0 Å². The molecule has 0 amide bonds. The van der Waals surface area contributed by atoms with Crippen molar-refractivity contribution in [1.82, 2.24) is 19.8 Å². The zero-order chi connectivity index (χ0) is 27.1. The van der Waals surface area contributed by atoms with Crippen LogP contribution >= 0.6 is 11.6 Å². The van der Waals surface area contributed by atoms with Crippen LogP contribution < -0.4 is 10.1 Å². The first-order chi connectivity index (χ1) is 18.4. The van der Waals surface area contributed by atoms with E-state index in [1.807, 2.05) is 32.3 Å².